The van der Waals surface area contributed by atoms with Gasteiger partial charge in [0, 0.05) is 6.07 Å². The smallest absolute Gasteiger partial charge is 0.371 e. The van der Waals surface area contributed by atoms with Crippen molar-refractivity contribution in [2.24, 2.45) is 0 Å². The van der Waals surface area contributed by atoms with Gasteiger partial charge in [0.1, 0.15) is 17.7 Å². The van der Waals surface area contributed by atoms with Crippen LogP contribution in [0.15, 0.2) is 33.4 Å². The third kappa shape index (κ3) is 3.60. The Morgan fingerprint density at radius 1 is 1.21 bits per heavy atom. The Bertz CT molecular complexity index is 561. The number of carboxylic acids is 1. The Labute approximate surface area is 107 Å². The molecule has 0 atom stereocenters. The van der Waals surface area contributed by atoms with Gasteiger partial charge in [-0.05, 0) is 12.1 Å². The molecule has 0 aromatic carbocycles. The maximum absolute atomic E-state index is 11.4. The van der Waals surface area contributed by atoms with Crippen LogP contribution >= 0.6 is 0 Å². The Balaban J connectivity index is 1.75. The highest BCUT2D eigenvalue weighted by molar-refractivity contribution is 5.84. The number of urea groups is 1. The largest absolute Gasteiger partial charge is 0.475 e. The second-order valence-electron chi connectivity index (χ2n) is 3.60. The number of aromatic nitrogens is 1. The van der Waals surface area contributed by atoms with Crippen molar-refractivity contribution in [1.82, 2.24) is 15.8 Å². The van der Waals surface area contributed by atoms with Gasteiger partial charge in [0.15, 0.2) is 0 Å². The molecule has 0 radical (unpaired) electrons. The van der Waals surface area contributed by atoms with Gasteiger partial charge in [-0.1, -0.05) is 5.16 Å². The molecular weight excluding hydrogens is 254 g/mol. The van der Waals surface area contributed by atoms with Crippen LogP contribution < -0.4 is 10.6 Å². The van der Waals surface area contributed by atoms with Crippen molar-refractivity contribution in [3.8, 4) is 0 Å². The summed E-state index contributed by atoms with van der Waals surface area (Å²) < 4.78 is 9.59. The molecule has 0 bridgehead atoms. The van der Waals surface area contributed by atoms with Gasteiger partial charge in [-0.25, -0.2) is 9.59 Å². The lowest BCUT2D eigenvalue weighted by Gasteiger charge is -2.04. The minimum atomic E-state index is -1.15. The summed E-state index contributed by atoms with van der Waals surface area (Å²) in [5, 5.41) is 17.4. The summed E-state index contributed by atoms with van der Waals surface area (Å²) in [7, 11) is 0. The summed E-state index contributed by atoms with van der Waals surface area (Å²) in [5.74, 6) is -0.962. The van der Waals surface area contributed by atoms with E-state index < -0.39 is 12.0 Å². The summed E-state index contributed by atoms with van der Waals surface area (Å²) in [6, 6.07) is 4.02. The molecule has 3 N–H and O–H groups in total. The SMILES string of the molecule is O=C(NCc1ccon1)NCc1ccc(C(=O)O)o1. The van der Waals surface area contributed by atoms with E-state index in [0.717, 1.165) is 0 Å². The third-order valence-corrected chi connectivity index (χ3v) is 2.22. The zero-order valence-corrected chi connectivity index (χ0v) is 9.75. The zero-order chi connectivity index (χ0) is 13.7. The van der Waals surface area contributed by atoms with E-state index in [1.165, 1.54) is 18.4 Å². The topological polar surface area (TPSA) is 118 Å². The van der Waals surface area contributed by atoms with E-state index in [0.29, 0.717) is 11.5 Å². The van der Waals surface area contributed by atoms with Crippen molar-refractivity contribution >= 4 is 12.0 Å². The van der Waals surface area contributed by atoms with Crippen molar-refractivity contribution < 1.29 is 23.6 Å². The lowest BCUT2D eigenvalue weighted by molar-refractivity contribution is 0.0660. The fourth-order valence-corrected chi connectivity index (χ4v) is 1.32. The lowest BCUT2D eigenvalue weighted by Crippen LogP contribution is -2.34. The Kier molecular flexibility index (Phi) is 3.81. The van der Waals surface area contributed by atoms with E-state index in [1.807, 2.05) is 0 Å². The first-order chi connectivity index (χ1) is 9.15. The number of carboxylic acid groups (broad SMARTS) is 1. The van der Waals surface area contributed by atoms with Crippen molar-refractivity contribution in [3.05, 3.63) is 41.7 Å². The van der Waals surface area contributed by atoms with Gasteiger partial charge in [0.2, 0.25) is 5.76 Å². The van der Waals surface area contributed by atoms with Crippen LogP contribution in [0.25, 0.3) is 0 Å². The highest BCUT2D eigenvalue weighted by Gasteiger charge is 2.09. The summed E-state index contributed by atoms with van der Waals surface area (Å²) >= 11 is 0. The number of carbonyl (C=O) groups excluding carboxylic acids is 1. The predicted molar refractivity (Wildman–Crippen MR) is 61.2 cm³/mol. The molecule has 0 aliphatic heterocycles. The second-order valence-corrected chi connectivity index (χ2v) is 3.60. The highest BCUT2D eigenvalue weighted by atomic mass is 16.5. The van der Waals surface area contributed by atoms with E-state index >= 15 is 0 Å². The predicted octanol–water partition coefficient (Wildman–Crippen LogP) is 0.965. The first-order valence-corrected chi connectivity index (χ1v) is 5.38. The van der Waals surface area contributed by atoms with Crippen LogP contribution in [0.4, 0.5) is 4.79 Å². The van der Waals surface area contributed by atoms with Crippen LogP contribution in [-0.2, 0) is 13.1 Å². The minimum Gasteiger partial charge on any atom is -0.475 e. The second kappa shape index (κ2) is 5.71. The number of nitrogens with zero attached hydrogens (tertiary/aromatic N) is 1. The van der Waals surface area contributed by atoms with Crippen LogP contribution in [0.5, 0.6) is 0 Å². The molecule has 8 heteroatoms. The Morgan fingerprint density at radius 3 is 2.63 bits per heavy atom. The first-order valence-electron chi connectivity index (χ1n) is 5.38. The van der Waals surface area contributed by atoms with Gasteiger partial charge < -0.3 is 24.7 Å². The van der Waals surface area contributed by atoms with Crippen LogP contribution in [-0.4, -0.2) is 22.3 Å². The number of furan rings is 1. The molecule has 0 spiro atoms. The normalized spacial score (nSPS) is 10.1. The van der Waals surface area contributed by atoms with E-state index in [-0.39, 0.29) is 18.8 Å². The van der Waals surface area contributed by atoms with Crippen molar-refractivity contribution in [1.29, 1.82) is 0 Å². The van der Waals surface area contributed by atoms with Gasteiger partial charge in [-0.2, -0.15) is 0 Å². The van der Waals surface area contributed by atoms with Crippen molar-refractivity contribution in [2.75, 3.05) is 0 Å². The number of amides is 2. The van der Waals surface area contributed by atoms with Crippen LogP contribution in [0.1, 0.15) is 22.0 Å². The molecule has 2 aromatic rings. The standard InChI is InChI=1S/C11H11N3O5/c15-10(16)9-2-1-8(19-9)6-13-11(17)12-5-7-3-4-18-14-7/h1-4H,5-6H2,(H,15,16)(H2,12,13,17). The maximum Gasteiger partial charge on any atom is 0.371 e. The molecule has 2 amide bonds. The maximum atomic E-state index is 11.4. The molecule has 0 saturated heterocycles. The van der Waals surface area contributed by atoms with E-state index in [4.69, 9.17) is 9.52 Å². The summed E-state index contributed by atoms with van der Waals surface area (Å²) in [6.07, 6.45) is 1.41. The molecule has 19 heavy (non-hydrogen) atoms. The molecular formula is C11H11N3O5. The van der Waals surface area contributed by atoms with Gasteiger partial charge in [-0.15, -0.1) is 0 Å². The Morgan fingerprint density at radius 2 is 2.00 bits per heavy atom. The average molecular weight is 265 g/mol. The lowest BCUT2D eigenvalue weighted by atomic mass is 10.4. The highest BCUT2D eigenvalue weighted by Crippen LogP contribution is 2.07. The average Bonchev–Trinajstić information content (AvgIpc) is 3.05. The number of hydrogen-bond donors (Lipinski definition) is 3. The van der Waals surface area contributed by atoms with Crippen LogP contribution in [0, 0.1) is 0 Å². The molecule has 2 rings (SSSR count). The van der Waals surface area contributed by atoms with Gasteiger partial charge >= 0.3 is 12.0 Å². The van der Waals surface area contributed by atoms with Crippen LogP contribution in [0.3, 0.4) is 0 Å². The number of rotatable bonds is 5. The van der Waals surface area contributed by atoms with Gasteiger partial charge in [0.05, 0.1) is 13.1 Å². The van der Waals surface area contributed by atoms with Crippen molar-refractivity contribution in [2.45, 2.75) is 13.1 Å². The van der Waals surface area contributed by atoms with Gasteiger partial charge in [0.25, 0.3) is 0 Å². The molecule has 0 unspecified atom stereocenters. The molecule has 0 saturated carbocycles. The van der Waals surface area contributed by atoms with Crippen LogP contribution in [0.2, 0.25) is 0 Å². The summed E-state index contributed by atoms with van der Waals surface area (Å²) in [5.41, 5.74) is 0.598. The number of hydrogen-bond acceptors (Lipinski definition) is 5. The molecule has 0 aliphatic rings. The summed E-state index contributed by atoms with van der Waals surface area (Å²) in [6.45, 7) is 0.332. The quantitative estimate of drug-likeness (QED) is 0.741. The van der Waals surface area contributed by atoms with Gasteiger partial charge in [-0.3, -0.25) is 0 Å². The molecule has 100 valence electrons. The van der Waals surface area contributed by atoms with E-state index in [1.54, 1.807) is 6.07 Å². The molecule has 2 aromatic heterocycles. The minimum absolute atomic E-state index is 0.0952. The third-order valence-electron chi connectivity index (χ3n) is 2.22. The zero-order valence-electron chi connectivity index (χ0n) is 9.75. The molecule has 2 heterocycles. The molecule has 0 aliphatic carbocycles. The Hall–Kier alpha value is -2.77. The molecule has 8 nitrogen and oxygen atoms in total. The van der Waals surface area contributed by atoms with E-state index in [9.17, 15) is 9.59 Å². The summed E-state index contributed by atoms with van der Waals surface area (Å²) in [4.78, 5) is 22.0. The first kappa shape index (κ1) is 12.7. The monoisotopic (exact) mass is 265 g/mol. The number of nitrogens with one attached hydrogen (secondary N) is 2. The fourth-order valence-electron chi connectivity index (χ4n) is 1.32. The van der Waals surface area contributed by atoms with E-state index in [2.05, 4.69) is 20.3 Å². The number of aromatic carboxylic acids is 1. The molecule has 0 fully saturated rings. The van der Waals surface area contributed by atoms with Crippen molar-refractivity contribution in [3.63, 3.8) is 0 Å². The number of carbonyl (C=O) groups is 2. The fraction of sp³-hybridized carbons (Fsp3) is 0.182.